The van der Waals surface area contributed by atoms with E-state index in [1.54, 1.807) is 0 Å². The number of fused-ring (bicyclic) bond motifs is 1. The lowest BCUT2D eigenvalue weighted by Crippen LogP contribution is -2.35. The van der Waals surface area contributed by atoms with Gasteiger partial charge in [0.1, 0.15) is 5.75 Å². The van der Waals surface area contributed by atoms with Gasteiger partial charge in [0.15, 0.2) is 0 Å². The summed E-state index contributed by atoms with van der Waals surface area (Å²) < 4.78 is 5.77. The zero-order chi connectivity index (χ0) is 12.4. The molecule has 1 saturated heterocycles. The fourth-order valence-electron chi connectivity index (χ4n) is 3.32. The van der Waals surface area contributed by atoms with Crippen molar-refractivity contribution in [3.63, 3.8) is 0 Å². The molecule has 3 heteroatoms. The fraction of sp³-hybridized carbons (Fsp3) is 0.600. The highest BCUT2D eigenvalue weighted by molar-refractivity contribution is 5.39. The second-order valence-electron chi connectivity index (χ2n) is 5.41. The van der Waals surface area contributed by atoms with Crippen LogP contribution < -0.4 is 10.5 Å². The summed E-state index contributed by atoms with van der Waals surface area (Å²) in [6, 6.07) is 9.15. The van der Waals surface area contributed by atoms with Gasteiger partial charge < -0.3 is 10.5 Å². The lowest BCUT2D eigenvalue weighted by atomic mass is 10.00. The summed E-state index contributed by atoms with van der Waals surface area (Å²) in [5, 5.41) is 0. The average Bonchev–Trinajstić information content (AvgIpc) is 2.99. The second-order valence-corrected chi connectivity index (χ2v) is 5.41. The van der Waals surface area contributed by atoms with Gasteiger partial charge in [-0.1, -0.05) is 18.2 Å². The molecule has 2 aliphatic rings. The minimum atomic E-state index is 0.541. The molecule has 3 rings (SSSR count). The number of hydrogen-bond donors (Lipinski definition) is 1. The first-order valence-corrected chi connectivity index (χ1v) is 7.04. The predicted octanol–water partition coefficient (Wildman–Crippen LogP) is 1.98. The third kappa shape index (κ3) is 2.25. The lowest BCUT2D eigenvalue weighted by molar-refractivity contribution is 0.213. The van der Waals surface area contributed by atoms with E-state index in [-0.39, 0.29) is 0 Å². The van der Waals surface area contributed by atoms with Crippen molar-refractivity contribution in [3.8, 4) is 5.75 Å². The Morgan fingerprint density at radius 1 is 1.33 bits per heavy atom. The maximum Gasteiger partial charge on any atom is 0.122 e. The van der Waals surface area contributed by atoms with Gasteiger partial charge in [0.25, 0.3) is 0 Å². The van der Waals surface area contributed by atoms with Gasteiger partial charge in [-0.05, 0) is 38.4 Å². The summed E-state index contributed by atoms with van der Waals surface area (Å²) in [7, 11) is 0. The Bertz CT molecular complexity index is 407. The van der Waals surface area contributed by atoms with Crippen LogP contribution in [0.25, 0.3) is 0 Å². The van der Waals surface area contributed by atoms with Crippen molar-refractivity contribution in [1.82, 2.24) is 4.90 Å². The number of para-hydroxylation sites is 1. The van der Waals surface area contributed by atoms with Crippen LogP contribution in [0.3, 0.4) is 0 Å². The molecule has 1 fully saturated rings. The van der Waals surface area contributed by atoms with Crippen molar-refractivity contribution in [3.05, 3.63) is 29.8 Å². The van der Waals surface area contributed by atoms with E-state index >= 15 is 0 Å². The molecule has 2 heterocycles. The number of nitrogens with zero attached hydrogens (tertiary/aromatic N) is 1. The lowest BCUT2D eigenvalue weighted by Gasteiger charge is -2.26. The first-order chi connectivity index (χ1) is 8.88. The SMILES string of the molecule is NCCC1CCCN1CC1COc2ccccc21. The van der Waals surface area contributed by atoms with E-state index in [2.05, 4.69) is 23.1 Å². The van der Waals surface area contributed by atoms with E-state index in [0.29, 0.717) is 12.0 Å². The van der Waals surface area contributed by atoms with Crippen LogP contribution in [0.2, 0.25) is 0 Å². The summed E-state index contributed by atoms with van der Waals surface area (Å²) in [5.41, 5.74) is 7.09. The van der Waals surface area contributed by atoms with E-state index in [1.165, 1.54) is 24.9 Å². The number of benzene rings is 1. The molecule has 18 heavy (non-hydrogen) atoms. The fourth-order valence-corrected chi connectivity index (χ4v) is 3.32. The highest BCUT2D eigenvalue weighted by atomic mass is 16.5. The number of hydrogen-bond acceptors (Lipinski definition) is 3. The minimum Gasteiger partial charge on any atom is -0.493 e. The third-order valence-electron chi connectivity index (χ3n) is 4.25. The van der Waals surface area contributed by atoms with Crippen LogP contribution in [0.15, 0.2) is 24.3 Å². The average molecular weight is 246 g/mol. The molecule has 0 aromatic heterocycles. The molecule has 0 aliphatic carbocycles. The predicted molar refractivity (Wildman–Crippen MR) is 72.9 cm³/mol. The van der Waals surface area contributed by atoms with Crippen LogP contribution in [0.1, 0.15) is 30.7 Å². The van der Waals surface area contributed by atoms with Crippen molar-refractivity contribution >= 4 is 0 Å². The number of ether oxygens (including phenoxy) is 1. The van der Waals surface area contributed by atoms with Crippen molar-refractivity contribution in [1.29, 1.82) is 0 Å². The van der Waals surface area contributed by atoms with Crippen LogP contribution in [-0.2, 0) is 0 Å². The molecule has 0 saturated carbocycles. The molecule has 0 amide bonds. The van der Waals surface area contributed by atoms with E-state index in [0.717, 1.165) is 31.9 Å². The van der Waals surface area contributed by atoms with Crippen molar-refractivity contribution in [2.45, 2.75) is 31.2 Å². The van der Waals surface area contributed by atoms with Gasteiger partial charge in [-0.2, -0.15) is 0 Å². The molecule has 2 aliphatic heterocycles. The van der Waals surface area contributed by atoms with Crippen LogP contribution in [0.4, 0.5) is 0 Å². The van der Waals surface area contributed by atoms with Gasteiger partial charge in [0.2, 0.25) is 0 Å². The highest BCUT2D eigenvalue weighted by Crippen LogP contribution is 2.35. The number of nitrogens with two attached hydrogens (primary N) is 1. The van der Waals surface area contributed by atoms with E-state index in [1.807, 2.05) is 6.07 Å². The molecule has 98 valence electrons. The largest absolute Gasteiger partial charge is 0.493 e. The Morgan fingerprint density at radius 2 is 2.22 bits per heavy atom. The molecule has 1 aromatic rings. The number of rotatable bonds is 4. The van der Waals surface area contributed by atoms with E-state index in [9.17, 15) is 0 Å². The van der Waals surface area contributed by atoms with Crippen LogP contribution in [-0.4, -0.2) is 37.2 Å². The first kappa shape index (κ1) is 12.0. The molecule has 3 nitrogen and oxygen atoms in total. The molecule has 0 spiro atoms. The zero-order valence-electron chi connectivity index (χ0n) is 10.8. The summed E-state index contributed by atoms with van der Waals surface area (Å²) in [6.07, 6.45) is 3.77. The van der Waals surface area contributed by atoms with Crippen LogP contribution in [0, 0.1) is 0 Å². The monoisotopic (exact) mass is 246 g/mol. The molecule has 0 radical (unpaired) electrons. The van der Waals surface area contributed by atoms with Crippen molar-refractivity contribution < 1.29 is 4.74 Å². The summed E-state index contributed by atoms with van der Waals surface area (Å²) in [4.78, 5) is 2.61. The Labute approximate surface area is 109 Å². The Hall–Kier alpha value is -1.06. The minimum absolute atomic E-state index is 0.541. The van der Waals surface area contributed by atoms with Gasteiger partial charge in [-0.15, -0.1) is 0 Å². The normalized spacial score (nSPS) is 27.2. The molecule has 1 aromatic carbocycles. The Kier molecular flexibility index (Phi) is 3.52. The molecule has 2 atom stereocenters. The van der Waals surface area contributed by atoms with Crippen molar-refractivity contribution in [2.75, 3.05) is 26.2 Å². The molecule has 2 unspecified atom stereocenters. The maximum absolute atomic E-state index is 5.77. The quantitative estimate of drug-likeness (QED) is 0.883. The van der Waals surface area contributed by atoms with Gasteiger partial charge >= 0.3 is 0 Å². The molecule has 0 bridgehead atoms. The number of likely N-dealkylation sites (tertiary alicyclic amines) is 1. The molecule has 2 N–H and O–H groups in total. The van der Waals surface area contributed by atoms with Gasteiger partial charge in [0, 0.05) is 24.1 Å². The van der Waals surface area contributed by atoms with E-state index < -0.39 is 0 Å². The van der Waals surface area contributed by atoms with Gasteiger partial charge in [-0.3, -0.25) is 4.90 Å². The van der Waals surface area contributed by atoms with Gasteiger partial charge in [0.05, 0.1) is 6.61 Å². The van der Waals surface area contributed by atoms with Crippen molar-refractivity contribution in [2.24, 2.45) is 5.73 Å². The second kappa shape index (κ2) is 5.29. The summed E-state index contributed by atoms with van der Waals surface area (Å²) >= 11 is 0. The molecular formula is C15H22N2O. The first-order valence-electron chi connectivity index (χ1n) is 7.04. The maximum atomic E-state index is 5.77. The Balaban J connectivity index is 1.67. The third-order valence-corrected chi connectivity index (χ3v) is 4.25. The van der Waals surface area contributed by atoms with E-state index in [4.69, 9.17) is 10.5 Å². The zero-order valence-corrected chi connectivity index (χ0v) is 10.8. The Morgan fingerprint density at radius 3 is 3.11 bits per heavy atom. The topological polar surface area (TPSA) is 38.5 Å². The highest BCUT2D eigenvalue weighted by Gasteiger charge is 2.30. The standard InChI is InChI=1S/C15H22N2O/c16-8-7-13-4-3-9-17(13)10-12-11-18-15-6-2-1-5-14(12)15/h1-2,5-6,12-13H,3-4,7-11,16H2. The van der Waals surface area contributed by atoms with Gasteiger partial charge in [-0.25, -0.2) is 0 Å². The van der Waals surface area contributed by atoms with Crippen LogP contribution >= 0.6 is 0 Å². The van der Waals surface area contributed by atoms with Crippen LogP contribution in [0.5, 0.6) is 5.75 Å². The molecular weight excluding hydrogens is 224 g/mol. The summed E-state index contributed by atoms with van der Waals surface area (Å²) in [5.74, 6) is 1.62. The summed E-state index contributed by atoms with van der Waals surface area (Å²) in [6.45, 7) is 4.00. The smallest absolute Gasteiger partial charge is 0.122 e.